The molecule has 10 heteroatoms. The van der Waals surface area contributed by atoms with Gasteiger partial charge in [0.2, 0.25) is 11.7 Å². The molecule has 0 saturated carbocycles. The summed E-state index contributed by atoms with van der Waals surface area (Å²) in [6.45, 7) is 6.84. The summed E-state index contributed by atoms with van der Waals surface area (Å²) in [5, 5.41) is 0.468. The molecule has 5 rings (SSSR count). The van der Waals surface area contributed by atoms with Gasteiger partial charge >= 0.3 is 0 Å². The first-order valence-electron chi connectivity index (χ1n) is 11.3. The number of aromatic nitrogens is 6. The molecule has 4 aromatic rings. The molecule has 1 saturated heterocycles. The second-order valence-electron chi connectivity index (χ2n) is 8.24. The van der Waals surface area contributed by atoms with Gasteiger partial charge in [-0.2, -0.15) is 0 Å². The van der Waals surface area contributed by atoms with Gasteiger partial charge in [-0.05, 0) is 38.8 Å². The summed E-state index contributed by atoms with van der Waals surface area (Å²) in [6, 6.07) is 3.73. The number of likely N-dealkylation sites (tertiary alicyclic amines) is 1. The third-order valence-corrected chi connectivity index (χ3v) is 6.25. The minimum absolute atomic E-state index is 0.0156. The lowest BCUT2D eigenvalue weighted by Gasteiger charge is -2.32. The number of pyridine rings is 1. The SMILES string of the molecule is CCN(CC)c1ncc2c(=O)[nH]c(C3CCCN(C(=O)c4cn5cccnc5n4)C3)cc2n1. The first kappa shape index (κ1) is 21.0. The molecule has 0 spiro atoms. The van der Waals surface area contributed by atoms with Crippen LogP contribution < -0.4 is 10.5 Å². The highest BCUT2D eigenvalue weighted by Crippen LogP contribution is 2.27. The Labute approximate surface area is 190 Å². The zero-order chi connectivity index (χ0) is 22.9. The van der Waals surface area contributed by atoms with Crippen LogP contribution in [0.15, 0.2) is 41.7 Å². The number of carbonyl (C=O) groups is 1. The van der Waals surface area contributed by atoms with Crippen LogP contribution in [0.2, 0.25) is 0 Å². The molecule has 1 unspecified atom stereocenters. The topological polar surface area (TPSA) is 112 Å². The summed E-state index contributed by atoms with van der Waals surface area (Å²) in [5.41, 5.74) is 1.59. The molecular formula is C23H26N8O2. The molecule has 0 aromatic carbocycles. The number of carbonyl (C=O) groups excluding carboxylic acids is 1. The van der Waals surface area contributed by atoms with Crippen LogP contribution >= 0.6 is 0 Å². The Morgan fingerprint density at radius 1 is 1.24 bits per heavy atom. The molecule has 1 amide bonds. The molecular weight excluding hydrogens is 420 g/mol. The standard InChI is InChI=1S/C23H26N8O2/c1-3-29(4-2)23-25-12-16-18(27-23)11-17(26-20(16)32)15-7-5-9-30(13-15)21(33)19-14-31-10-6-8-24-22(31)28-19/h6,8,10-12,14-15H,3-5,7,9,13H2,1-2H3,(H,26,32). The largest absolute Gasteiger partial charge is 0.341 e. The fraction of sp³-hybridized carbons (Fsp3) is 0.391. The van der Waals surface area contributed by atoms with E-state index >= 15 is 0 Å². The summed E-state index contributed by atoms with van der Waals surface area (Å²) in [7, 11) is 0. The Morgan fingerprint density at radius 2 is 2.09 bits per heavy atom. The van der Waals surface area contributed by atoms with Gasteiger partial charge in [-0.25, -0.2) is 19.9 Å². The summed E-state index contributed by atoms with van der Waals surface area (Å²) >= 11 is 0. The van der Waals surface area contributed by atoms with E-state index < -0.39 is 0 Å². The third kappa shape index (κ3) is 3.92. The average Bonchev–Trinajstić information content (AvgIpc) is 3.28. The van der Waals surface area contributed by atoms with Gasteiger partial charge < -0.3 is 14.8 Å². The van der Waals surface area contributed by atoms with Gasteiger partial charge in [-0.1, -0.05) is 0 Å². The number of aromatic amines is 1. The van der Waals surface area contributed by atoms with E-state index in [-0.39, 0.29) is 17.4 Å². The summed E-state index contributed by atoms with van der Waals surface area (Å²) in [6.07, 6.45) is 8.49. The minimum atomic E-state index is -0.205. The Morgan fingerprint density at radius 3 is 2.88 bits per heavy atom. The molecule has 170 valence electrons. The first-order valence-corrected chi connectivity index (χ1v) is 11.3. The van der Waals surface area contributed by atoms with Crippen molar-refractivity contribution in [2.75, 3.05) is 31.1 Å². The van der Waals surface area contributed by atoms with E-state index in [0.717, 1.165) is 31.6 Å². The van der Waals surface area contributed by atoms with E-state index in [1.54, 1.807) is 34.0 Å². The number of imidazole rings is 1. The number of hydrogen-bond acceptors (Lipinski definition) is 7. The van der Waals surface area contributed by atoms with Gasteiger partial charge in [-0.3, -0.25) is 14.0 Å². The number of piperidine rings is 1. The van der Waals surface area contributed by atoms with Crippen LogP contribution in [0.25, 0.3) is 16.7 Å². The highest BCUT2D eigenvalue weighted by molar-refractivity contribution is 5.93. The lowest BCUT2D eigenvalue weighted by Crippen LogP contribution is -2.39. The summed E-state index contributed by atoms with van der Waals surface area (Å²) in [4.78, 5) is 50.3. The molecule has 1 aliphatic rings. The van der Waals surface area contributed by atoms with Gasteiger partial charge in [0.05, 0.1) is 10.9 Å². The van der Waals surface area contributed by atoms with Crippen LogP contribution in [0, 0.1) is 0 Å². The maximum atomic E-state index is 13.1. The molecule has 0 radical (unpaired) electrons. The van der Waals surface area contributed by atoms with Crippen molar-refractivity contribution in [3.63, 3.8) is 0 Å². The molecule has 1 aliphatic heterocycles. The lowest BCUT2D eigenvalue weighted by molar-refractivity contribution is 0.0700. The van der Waals surface area contributed by atoms with Crippen LogP contribution in [0.4, 0.5) is 5.95 Å². The van der Waals surface area contributed by atoms with E-state index in [4.69, 9.17) is 0 Å². The number of amides is 1. The lowest BCUT2D eigenvalue weighted by atomic mass is 9.93. The van der Waals surface area contributed by atoms with Crippen LogP contribution in [-0.4, -0.2) is 66.3 Å². The van der Waals surface area contributed by atoms with Crippen molar-refractivity contribution >= 4 is 28.5 Å². The molecule has 0 aliphatic carbocycles. The Balaban J connectivity index is 1.43. The average molecular weight is 447 g/mol. The summed E-state index contributed by atoms with van der Waals surface area (Å²) < 4.78 is 1.74. The van der Waals surface area contributed by atoms with Gasteiger partial charge in [0, 0.05) is 62.6 Å². The van der Waals surface area contributed by atoms with Crippen LogP contribution in [-0.2, 0) is 0 Å². The number of anilines is 1. The van der Waals surface area contributed by atoms with Gasteiger partial charge in [0.15, 0.2) is 0 Å². The predicted molar refractivity (Wildman–Crippen MR) is 125 cm³/mol. The minimum Gasteiger partial charge on any atom is -0.341 e. The van der Waals surface area contributed by atoms with Gasteiger partial charge in [-0.15, -0.1) is 0 Å². The van der Waals surface area contributed by atoms with Crippen LogP contribution in [0.1, 0.15) is 48.8 Å². The number of hydrogen-bond donors (Lipinski definition) is 1. The van der Waals surface area contributed by atoms with E-state index in [2.05, 4.69) is 24.9 Å². The number of fused-ring (bicyclic) bond motifs is 2. The molecule has 33 heavy (non-hydrogen) atoms. The van der Waals surface area contributed by atoms with E-state index in [9.17, 15) is 9.59 Å². The second-order valence-corrected chi connectivity index (χ2v) is 8.24. The smallest absolute Gasteiger partial charge is 0.274 e. The fourth-order valence-electron chi connectivity index (χ4n) is 4.44. The monoisotopic (exact) mass is 446 g/mol. The zero-order valence-corrected chi connectivity index (χ0v) is 18.7. The van der Waals surface area contributed by atoms with Crippen molar-refractivity contribution in [2.24, 2.45) is 0 Å². The predicted octanol–water partition coefficient (Wildman–Crippen LogP) is 2.23. The van der Waals surface area contributed by atoms with Crippen LogP contribution in [0.3, 0.4) is 0 Å². The number of rotatable bonds is 5. The normalized spacial score (nSPS) is 16.4. The molecule has 0 bridgehead atoms. The molecule has 4 aromatic heterocycles. The second kappa shape index (κ2) is 8.61. The van der Waals surface area contributed by atoms with Gasteiger partial charge in [0.1, 0.15) is 5.69 Å². The van der Waals surface area contributed by atoms with Crippen LogP contribution in [0.5, 0.6) is 0 Å². The molecule has 10 nitrogen and oxygen atoms in total. The molecule has 1 N–H and O–H groups in total. The highest BCUT2D eigenvalue weighted by Gasteiger charge is 2.28. The maximum Gasteiger partial charge on any atom is 0.274 e. The molecule has 5 heterocycles. The number of H-pyrrole nitrogens is 1. The van der Waals surface area contributed by atoms with Crippen molar-refractivity contribution in [1.29, 1.82) is 0 Å². The van der Waals surface area contributed by atoms with E-state index in [1.807, 2.05) is 31.0 Å². The maximum absolute atomic E-state index is 13.1. The number of nitrogens with zero attached hydrogens (tertiary/aromatic N) is 7. The van der Waals surface area contributed by atoms with Crippen molar-refractivity contribution in [1.82, 2.24) is 34.2 Å². The van der Waals surface area contributed by atoms with Crippen molar-refractivity contribution < 1.29 is 4.79 Å². The van der Waals surface area contributed by atoms with E-state index in [1.165, 1.54) is 0 Å². The Kier molecular flexibility index (Phi) is 5.49. The molecule has 1 fully saturated rings. The fourth-order valence-corrected chi connectivity index (χ4v) is 4.44. The third-order valence-electron chi connectivity index (χ3n) is 6.25. The Bertz CT molecular complexity index is 1340. The van der Waals surface area contributed by atoms with Crippen molar-refractivity contribution in [3.05, 3.63) is 58.7 Å². The van der Waals surface area contributed by atoms with E-state index in [0.29, 0.717) is 41.4 Å². The molecule has 1 atom stereocenters. The summed E-state index contributed by atoms with van der Waals surface area (Å²) in [5.74, 6) is 1.00. The zero-order valence-electron chi connectivity index (χ0n) is 18.7. The highest BCUT2D eigenvalue weighted by atomic mass is 16.2. The first-order chi connectivity index (χ1) is 16.1. The Hall–Kier alpha value is -3.82. The van der Waals surface area contributed by atoms with Crippen molar-refractivity contribution in [3.8, 4) is 0 Å². The van der Waals surface area contributed by atoms with Gasteiger partial charge in [0.25, 0.3) is 11.5 Å². The van der Waals surface area contributed by atoms with Crippen molar-refractivity contribution in [2.45, 2.75) is 32.6 Å². The number of nitrogens with one attached hydrogen (secondary N) is 1. The quantitative estimate of drug-likeness (QED) is 0.500.